The Bertz CT molecular complexity index is 1620. The Kier molecular flexibility index (Phi) is 5.42. The molecule has 0 saturated heterocycles. The number of nitrogens with one attached hydrogen (secondary N) is 1. The van der Waals surface area contributed by atoms with Gasteiger partial charge in [-0.2, -0.15) is 0 Å². The lowest BCUT2D eigenvalue weighted by molar-refractivity contribution is -0.402. The Balaban J connectivity index is 1.39. The highest BCUT2D eigenvalue weighted by molar-refractivity contribution is 7.23. The number of fused-ring (bicyclic) bond motifs is 2. The monoisotopic (exact) mass is 519 g/mol. The number of carbonyl (C=O) groups is 1. The molecular weight excluding hydrogens is 502 g/mol. The van der Waals surface area contributed by atoms with Crippen LogP contribution in [-0.4, -0.2) is 22.6 Å². The molecule has 1 aliphatic rings. The molecule has 0 bridgehead atoms. The van der Waals surface area contributed by atoms with E-state index in [0.29, 0.717) is 17.2 Å². The maximum absolute atomic E-state index is 12.9. The number of benzene rings is 2. The minimum Gasteiger partial charge on any atom is -0.454 e. The van der Waals surface area contributed by atoms with Crippen molar-refractivity contribution in [1.82, 2.24) is 4.98 Å². The van der Waals surface area contributed by atoms with Crippen LogP contribution in [0.2, 0.25) is 0 Å². The van der Waals surface area contributed by atoms with Gasteiger partial charge < -0.3 is 19.2 Å². The van der Waals surface area contributed by atoms with Gasteiger partial charge in [0.2, 0.25) is 6.79 Å². The Morgan fingerprint density at radius 3 is 2.75 bits per heavy atom. The molecule has 6 rings (SSSR count). The number of nitro groups is 1. The van der Waals surface area contributed by atoms with Crippen molar-refractivity contribution in [2.45, 2.75) is 13.3 Å². The van der Waals surface area contributed by atoms with Crippen LogP contribution < -0.4 is 14.8 Å². The van der Waals surface area contributed by atoms with Gasteiger partial charge in [0.1, 0.15) is 14.9 Å². The van der Waals surface area contributed by atoms with E-state index in [1.54, 1.807) is 11.3 Å². The van der Waals surface area contributed by atoms with E-state index in [-0.39, 0.29) is 12.6 Å². The van der Waals surface area contributed by atoms with E-state index in [1.165, 1.54) is 17.4 Å². The lowest BCUT2D eigenvalue weighted by Crippen LogP contribution is -2.10. The molecule has 1 aliphatic heterocycles. The van der Waals surface area contributed by atoms with Crippen molar-refractivity contribution in [3.8, 4) is 22.1 Å². The molecule has 9 nitrogen and oxygen atoms in total. The molecule has 0 unspecified atom stereocenters. The number of anilines is 1. The van der Waals surface area contributed by atoms with E-state index in [2.05, 4.69) is 5.32 Å². The van der Waals surface area contributed by atoms with Crippen LogP contribution in [0.4, 0.5) is 10.9 Å². The molecular formula is C25H17N3O6S2. The minimum absolute atomic E-state index is 0.139. The first-order valence-corrected chi connectivity index (χ1v) is 12.5. The number of para-hydroxylation sites is 1. The smallest absolute Gasteiger partial charge is 0.433 e. The van der Waals surface area contributed by atoms with Crippen molar-refractivity contribution in [1.29, 1.82) is 0 Å². The lowest BCUT2D eigenvalue weighted by atomic mass is 10.1. The Hall–Kier alpha value is -4.22. The number of carbonyl (C=O) groups excluding carboxylic acids is 1. The predicted molar refractivity (Wildman–Crippen MR) is 136 cm³/mol. The fourth-order valence-electron chi connectivity index (χ4n) is 4.00. The van der Waals surface area contributed by atoms with Gasteiger partial charge in [-0.15, -0.1) is 22.7 Å². The second-order valence-electron chi connectivity index (χ2n) is 8.05. The average molecular weight is 520 g/mol. The summed E-state index contributed by atoms with van der Waals surface area (Å²) < 4.78 is 17.1. The lowest BCUT2D eigenvalue weighted by Gasteiger charge is -2.04. The zero-order valence-corrected chi connectivity index (χ0v) is 20.4. The van der Waals surface area contributed by atoms with Crippen molar-refractivity contribution in [2.24, 2.45) is 0 Å². The zero-order valence-electron chi connectivity index (χ0n) is 18.8. The summed E-state index contributed by atoms with van der Waals surface area (Å²) in [7, 11) is 0. The number of thiazole rings is 1. The highest BCUT2D eigenvalue weighted by atomic mass is 32.1. The molecule has 0 fully saturated rings. The Morgan fingerprint density at radius 2 is 1.94 bits per heavy atom. The summed E-state index contributed by atoms with van der Waals surface area (Å²) in [6.45, 7) is 2.22. The Morgan fingerprint density at radius 1 is 1.11 bits per heavy atom. The maximum atomic E-state index is 12.9. The molecule has 180 valence electrons. The zero-order chi connectivity index (χ0) is 24.8. The average Bonchev–Trinajstić information content (AvgIpc) is 3.65. The van der Waals surface area contributed by atoms with Gasteiger partial charge in [0, 0.05) is 16.9 Å². The van der Waals surface area contributed by atoms with Crippen molar-refractivity contribution in [3.05, 3.63) is 86.5 Å². The van der Waals surface area contributed by atoms with Gasteiger partial charge >= 0.3 is 5.88 Å². The maximum Gasteiger partial charge on any atom is 0.433 e. The first kappa shape index (κ1) is 22.3. The van der Waals surface area contributed by atoms with E-state index < -0.39 is 16.7 Å². The van der Waals surface area contributed by atoms with Crippen LogP contribution in [0.1, 0.15) is 26.6 Å². The number of ether oxygens (including phenoxy) is 2. The first-order valence-electron chi connectivity index (χ1n) is 10.9. The molecule has 0 atom stereocenters. The number of nitrogens with zero attached hydrogens (tertiary/aromatic N) is 2. The molecule has 0 spiro atoms. The van der Waals surface area contributed by atoms with Gasteiger partial charge in [-0.05, 0) is 48.4 Å². The number of amides is 1. The van der Waals surface area contributed by atoms with E-state index in [4.69, 9.17) is 18.9 Å². The summed E-state index contributed by atoms with van der Waals surface area (Å²) in [5.41, 5.74) is 3.74. The largest absolute Gasteiger partial charge is 0.454 e. The van der Waals surface area contributed by atoms with E-state index in [1.807, 2.05) is 49.4 Å². The highest BCUT2D eigenvalue weighted by Gasteiger charge is 2.24. The van der Waals surface area contributed by atoms with Crippen molar-refractivity contribution in [3.63, 3.8) is 0 Å². The molecule has 4 heterocycles. The van der Waals surface area contributed by atoms with Crippen LogP contribution in [0, 0.1) is 17.0 Å². The highest BCUT2D eigenvalue weighted by Crippen LogP contribution is 2.44. The van der Waals surface area contributed by atoms with Crippen molar-refractivity contribution < 1.29 is 23.6 Å². The third-order valence-corrected chi connectivity index (χ3v) is 8.04. The normalized spacial score (nSPS) is 12.2. The van der Waals surface area contributed by atoms with Crippen LogP contribution in [-0.2, 0) is 6.42 Å². The molecule has 2 aromatic carbocycles. The van der Waals surface area contributed by atoms with Gasteiger partial charge in [-0.3, -0.25) is 14.9 Å². The predicted octanol–water partition coefficient (Wildman–Crippen LogP) is 6.41. The summed E-state index contributed by atoms with van der Waals surface area (Å²) in [4.78, 5) is 29.1. The summed E-state index contributed by atoms with van der Waals surface area (Å²) in [6, 6.07) is 16.1. The summed E-state index contributed by atoms with van der Waals surface area (Å²) >= 11 is 2.98. The summed E-state index contributed by atoms with van der Waals surface area (Å²) in [6.07, 6.45) is 0.618. The molecule has 11 heteroatoms. The minimum atomic E-state index is -0.678. The second-order valence-corrected chi connectivity index (χ2v) is 10.2. The fraction of sp³-hybridized carbons (Fsp3) is 0.120. The van der Waals surface area contributed by atoms with E-state index in [9.17, 15) is 14.9 Å². The number of aromatic nitrogens is 1. The molecule has 0 saturated carbocycles. The third kappa shape index (κ3) is 3.97. The summed E-state index contributed by atoms with van der Waals surface area (Å²) in [5, 5.41) is 15.2. The van der Waals surface area contributed by atoms with Crippen LogP contribution in [0.15, 0.2) is 59.0 Å². The number of hydrogen-bond acceptors (Lipinski definition) is 9. The van der Waals surface area contributed by atoms with E-state index in [0.717, 1.165) is 48.6 Å². The number of hydrogen-bond donors (Lipinski definition) is 1. The van der Waals surface area contributed by atoms with Crippen LogP contribution >= 0.6 is 22.7 Å². The van der Waals surface area contributed by atoms with E-state index >= 15 is 0 Å². The van der Waals surface area contributed by atoms with Crippen LogP contribution in [0.3, 0.4) is 0 Å². The standard InChI is InChI=1S/C25H17N3O6S2/c1-13-20(11-14-6-7-16-18(10-14)33-12-32-16)36-25(27-23(29)17-8-9-21(34-17)28(30)31)22(13)24-26-15-4-2-3-5-19(15)35-24/h2-10H,11-12H2,1H3,(H,27,29). The van der Waals surface area contributed by atoms with Gasteiger partial charge in [0.15, 0.2) is 17.3 Å². The fourth-order valence-corrected chi connectivity index (χ4v) is 6.38. The number of furan rings is 1. The van der Waals surface area contributed by atoms with Crippen molar-refractivity contribution >= 4 is 49.7 Å². The topological polar surface area (TPSA) is 117 Å². The molecule has 36 heavy (non-hydrogen) atoms. The van der Waals surface area contributed by atoms with Gasteiger partial charge in [0.05, 0.1) is 16.3 Å². The number of rotatable bonds is 6. The van der Waals surface area contributed by atoms with Gasteiger partial charge in [-0.25, -0.2) is 4.98 Å². The third-order valence-electron chi connectivity index (χ3n) is 5.78. The molecule has 1 amide bonds. The molecule has 3 aromatic heterocycles. The quantitative estimate of drug-likeness (QED) is 0.204. The summed E-state index contributed by atoms with van der Waals surface area (Å²) in [5.74, 6) is 0.234. The molecule has 1 N–H and O–H groups in total. The van der Waals surface area contributed by atoms with Crippen LogP contribution in [0.25, 0.3) is 20.8 Å². The van der Waals surface area contributed by atoms with Gasteiger partial charge in [-0.1, -0.05) is 18.2 Å². The van der Waals surface area contributed by atoms with Crippen molar-refractivity contribution in [2.75, 3.05) is 12.1 Å². The molecule has 0 radical (unpaired) electrons. The molecule has 5 aromatic rings. The van der Waals surface area contributed by atoms with Crippen LogP contribution in [0.5, 0.6) is 11.5 Å². The van der Waals surface area contributed by atoms with Gasteiger partial charge in [0.25, 0.3) is 5.91 Å². The SMILES string of the molecule is Cc1c(Cc2ccc3c(c2)OCO3)sc(NC(=O)c2ccc([N+](=O)[O-])o2)c1-c1nc2ccccc2s1. The molecule has 0 aliphatic carbocycles. The Labute approximate surface area is 212 Å². The second kappa shape index (κ2) is 8.77. The number of thiophene rings is 1. The first-order chi connectivity index (χ1) is 17.5.